The van der Waals surface area contributed by atoms with E-state index in [9.17, 15) is 4.39 Å². The largest absolute Gasteiger partial charge is 0.327 e. The van der Waals surface area contributed by atoms with Gasteiger partial charge in [0.05, 0.1) is 10.7 Å². The Balaban J connectivity index is 1.98. The van der Waals surface area contributed by atoms with Crippen molar-refractivity contribution in [3.63, 3.8) is 0 Å². The zero-order valence-electron chi connectivity index (χ0n) is 12.2. The van der Waals surface area contributed by atoms with Crippen LogP contribution in [0, 0.1) is 5.82 Å². The molecule has 1 unspecified atom stereocenters. The first-order valence-electron chi connectivity index (χ1n) is 6.79. The van der Waals surface area contributed by atoms with Gasteiger partial charge >= 0.3 is 0 Å². The summed E-state index contributed by atoms with van der Waals surface area (Å²) in [6.45, 7) is 6.45. The maximum Gasteiger partial charge on any atom is 0.123 e. The first-order valence-corrected chi connectivity index (χ1v) is 7.67. The van der Waals surface area contributed by atoms with Crippen LogP contribution in [-0.4, -0.2) is 11.0 Å². The van der Waals surface area contributed by atoms with E-state index in [1.807, 2.05) is 6.07 Å². The Morgan fingerprint density at radius 3 is 2.65 bits per heavy atom. The molecular weight excluding hydrogens is 271 g/mol. The Labute approximate surface area is 123 Å². The van der Waals surface area contributed by atoms with Crippen molar-refractivity contribution in [2.45, 2.75) is 45.1 Å². The summed E-state index contributed by atoms with van der Waals surface area (Å²) < 4.78 is 13.1. The molecule has 0 aliphatic heterocycles. The van der Waals surface area contributed by atoms with Crippen LogP contribution >= 0.6 is 11.3 Å². The Kier molecular flexibility index (Phi) is 4.55. The fourth-order valence-electron chi connectivity index (χ4n) is 2.01. The van der Waals surface area contributed by atoms with E-state index in [0.29, 0.717) is 6.42 Å². The van der Waals surface area contributed by atoms with Crippen LogP contribution in [0.25, 0.3) is 0 Å². The maximum absolute atomic E-state index is 13.1. The van der Waals surface area contributed by atoms with Gasteiger partial charge < -0.3 is 5.73 Å². The minimum absolute atomic E-state index is 0.0317. The summed E-state index contributed by atoms with van der Waals surface area (Å²) in [5, 5.41) is 3.16. The van der Waals surface area contributed by atoms with Gasteiger partial charge in [-0.2, -0.15) is 0 Å². The molecule has 0 radical (unpaired) electrons. The van der Waals surface area contributed by atoms with Crippen LogP contribution in [0.2, 0.25) is 0 Å². The van der Waals surface area contributed by atoms with Gasteiger partial charge in [0.25, 0.3) is 0 Å². The summed E-state index contributed by atoms with van der Waals surface area (Å²) in [7, 11) is 0. The molecule has 0 amide bonds. The summed E-state index contributed by atoms with van der Waals surface area (Å²) in [6.07, 6.45) is 1.40. The van der Waals surface area contributed by atoms with E-state index >= 15 is 0 Å². The van der Waals surface area contributed by atoms with Crippen LogP contribution in [0.5, 0.6) is 0 Å². The number of hydrogen-bond donors (Lipinski definition) is 1. The van der Waals surface area contributed by atoms with Crippen molar-refractivity contribution in [2.24, 2.45) is 5.73 Å². The molecule has 1 atom stereocenters. The zero-order chi connectivity index (χ0) is 14.8. The molecule has 0 saturated carbocycles. The number of benzene rings is 1. The Bertz CT molecular complexity index is 572. The summed E-state index contributed by atoms with van der Waals surface area (Å²) in [5.74, 6) is -0.209. The average molecular weight is 292 g/mol. The van der Waals surface area contributed by atoms with E-state index in [0.717, 1.165) is 22.7 Å². The lowest BCUT2D eigenvalue weighted by molar-refractivity contribution is 0.567. The molecule has 0 aliphatic rings. The average Bonchev–Trinajstić information content (AvgIpc) is 2.76. The SMILES string of the molecule is CC(C)(C)c1csc(CC(N)Cc2cccc(F)c2)n1. The van der Waals surface area contributed by atoms with Gasteiger partial charge in [0, 0.05) is 23.3 Å². The predicted molar refractivity (Wildman–Crippen MR) is 82.6 cm³/mol. The number of nitrogens with two attached hydrogens (primary N) is 1. The van der Waals surface area contributed by atoms with E-state index < -0.39 is 0 Å². The smallest absolute Gasteiger partial charge is 0.123 e. The van der Waals surface area contributed by atoms with Gasteiger partial charge in [0.1, 0.15) is 5.82 Å². The highest BCUT2D eigenvalue weighted by Gasteiger charge is 2.18. The van der Waals surface area contributed by atoms with Crippen molar-refractivity contribution < 1.29 is 4.39 Å². The van der Waals surface area contributed by atoms with Gasteiger partial charge in [0.15, 0.2) is 0 Å². The van der Waals surface area contributed by atoms with Crippen molar-refractivity contribution in [1.29, 1.82) is 0 Å². The molecule has 20 heavy (non-hydrogen) atoms. The van der Waals surface area contributed by atoms with Gasteiger partial charge in [-0.15, -0.1) is 11.3 Å². The molecule has 0 saturated heterocycles. The number of thiazole rings is 1. The predicted octanol–water partition coefficient (Wildman–Crippen LogP) is 3.69. The van der Waals surface area contributed by atoms with Crippen LogP contribution in [0.4, 0.5) is 4.39 Å². The summed E-state index contributed by atoms with van der Waals surface area (Å²) in [5.41, 5.74) is 8.26. The fourth-order valence-corrected chi connectivity index (χ4v) is 3.13. The normalized spacial score (nSPS) is 13.4. The minimum atomic E-state index is -0.209. The maximum atomic E-state index is 13.1. The lowest BCUT2D eigenvalue weighted by atomic mass is 9.93. The molecular formula is C16H21FN2S. The molecule has 1 aromatic carbocycles. The zero-order valence-corrected chi connectivity index (χ0v) is 13.0. The van der Waals surface area contributed by atoms with Crippen molar-refractivity contribution in [3.05, 3.63) is 51.7 Å². The molecule has 0 aliphatic carbocycles. The first-order chi connectivity index (χ1) is 9.34. The van der Waals surface area contributed by atoms with Gasteiger partial charge in [-0.3, -0.25) is 0 Å². The van der Waals surface area contributed by atoms with Gasteiger partial charge in [-0.1, -0.05) is 32.9 Å². The highest BCUT2D eigenvalue weighted by atomic mass is 32.1. The molecule has 0 fully saturated rings. The molecule has 2 nitrogen and oxygen atoms in total. The standard InChI is InChI=1S/C16H21FN2S/c1-16(2,3)14-10-20-15(19-14)9-13(18)8-11-5-4-6-12(17)7-11/h4-7,10,13H,8-9,18H2,1-3H3. The highest BCUT2D eigenvalue weighted by Crippen LogP contribution is 2.24. The molecule has 1 aromatic heterocycles. The summed E-state index contributed by atoms with van der Waals surface area (Å²) in [4.78, 5) is 4.65. The molecule has 0 bridgehead atoms. The number of nitrogens with zero attached hydrogens (tertiary/aromatic N) is 1. The van der Waals surface area contributed by atoms with Crippen molar-refractivity contribution in [3.8, 4) is 0 Å². The van der Waals surface area contributed by atoms with Gasteiger partial charge in [0.2, 0.25) is 0 Å². The van der Waals surface area contributed by atoms with Crippen LogP contribution < -0.4 is 5.73 Å². The van der Waals surface area contributed by atoms with Crippen molar-refractivity contribution in [2.75, 3.05) is 0 Å². The van der Waals surface area contributed by atoms with Crippen LogP contribution in [0.1, 0.15) is 37.0 Å². The number of hydrogen-bond acceptors (Lipinski definition) is 3. The third-order valence-corrected chi connectivity index (χ3v) is 4.02. The Hall–Kier alpha value is -1.26. The Morgan fingerprint density at radius 1 is 1.30 bits per heavy atom. The second-order valence-corrected chi connectivity index (χ2v) is 7.12. The molecule has 2 aromatic rings. The monoisotopic (exact) mass is 292 g/mol. The van der Waals surface area contributed by atoms with Crippen LogP contribution in [-0.2, 0) is 18.3 Å². The molecule has 2 rings (SSSR count). The highest BCUT2D eigenvalue weighted by molar-refractivity contribution is 7.09. The van der Waals surface area contributed by atoms with E-state index in [4.69, 9.17) is 5.73 Å². The fraction of sp³-hybridized carbons (Fsp3) is 0.438. The van der Waals surface area contributed by atoms with E-state index in [2.05, 4.69) is 31.1 Å². The number of aromatic nitrogens is 1. The molecule has 108 valence electrons. The lowest BCUT2D eigenvalue weighted by Crippen LogP contribution is -2.25. The minimum Gasteiger partial charge on any atom is -0.327 e. The van der Waals surface area contributed by atoms with Crippen molar-refractivity contribution >= 4 is 11.3 Å². The third-order valence-electron chi connectivity index (χ3n) is 3.14. The first kappa shape index (κ1) is 15.1. The van der Waals surface area contributed by atoms with E-state index in [1.165, 1.54) is 6.07 Å². The summed E-state index contributed by atoms with van der Waals surface area (Å²) in [6, 6.07) is 6.59. The topological polar surface area (TPSA) is 38.9 Å². The van der Waals surface area contributed by atoms with Crippen LogP contribution in [0.3, 0.4) is 0 Å². The van der Waals surface area contributed by atoms with Gasteiger partial charge in [-0.05, 0) is 24.1 Å². The molecule has 4 heteroatoms. The van der Waals surface area contributed by atoms with E-state index in [-0.39, 0.29) is 17.3 Å². The molecule has 2 N–H and O–H groups in total. The third kappa shape index (κ3) is 4.12. The molecule has 1 heterocycles. The van der Waals surface area contributed by atoms with Gasteiger partial charge in [-0.25, -0.2) is 9.37 Å². The number of rotatable bonds is 4. The second-order valence-electron chi connectivity index (χ2n) is 6.17. The molecule has 0 spiro atoms. The quantitative estimate of drug-likeness (QED) is 0.933. The lowest BCUT2D eigenvalue weighted by Gasteiger charge is -2.14. The number of halogens is 1. The second kappa shape index (κ2) is 6.02. The Morgan fingerprint density at radius 2 is 2.05 bits per heavy atom. The van der Waals surface area contributed by atoms with Crippen molar-refractivity contribution in [1.82, 2.24) is 4.98 Å². The van der Waals surface area contributed by atoms with E-state index in [1.54, 1.807) is 23.5 Å². The van der Waals surface area contributed by atoms with Crippen LogP contribution in [0.15, 0.2) is 29.6 Å². The summed E-state index contributed by atoms with van der Waals surface area (Å²) >= 11 is 1.65.